The van der Waals surface area contributed by atoms with E-state index >= 15 is 0 Å². The molecule has 1 heterocycles. The minimum atomic E-state index is -3.73. The highest BCUT2D eigenvalue weighted by Gasteiger charge is 2.21. The van der Waals surface area contributed by atoms with E-state index in [1.54, 1.807) is 12.1 Å². The molecule has 0 unspecified atom stereocenters. The van der Waals surface area contributed by atoms with Crippen molar-refractivity contribution in [2.45, 2.75) is 17.4 Å². The highest BCUT2D eigenvalue weighted by molar-refractivity contribution is 7.89. The summed E-state index contributed by atoms with van der Waals surface area (Å²) in [7, 11) is -3.73. The SMILES string of the molecule is O=S(=O)(NC(CO)CO)c1ccc2c(c1)CCO2. The number of ether oxygens (including phenoxy) is 1. The fourth-order valence-electron chi connectivity index (χ4n) is 1.75. The molecule has 3 N–H and O–H groups in total. The lowest BCUT2D eigenvalue weighted by Gasteiger charge is -2.14. The van der Waals surface area contributed by atoms with Crippen LogP contribution >= 0.6 is 0 Å². The van der Waals surface area contributed by atoms with E-state index in [2.05, 4.69) is 4.72 Å². The van der Waals surface area contributed by atoms with Gasteiger partial charge in [0.2, 0.25) is 10.0 Å². The molecule has 0 saturated carbocycles. The van der Waals surface area contributed by atoms with Gasteiger partial charge in [-0.25, -0.2) is 13.1 Å². The summed E-state index contributed by atoms with van der Waals surface area (Å²) in [5.41, 5.74) is 0.849. The molecule has 6 nitrogen and oxygen atoms in total. The van der Waals surface area contributed by atoms with Gasteiger partial charge in [-0.3, -0.25) is 0 Å². The summed E-state index contributed by atoms with van der Waals surface area (Å²) >= 11 is 0. The second kappa shape index (κ2) is 5.23. The van der Waals surface area contributed by atoms with E-state index in [4.69, 9.17) is 14.9 Å². The van der Waals surface area contributed by atoms with Gasteiger partial charge in [-0.15, -0.1) is 0 Å². The van der Waals surface area contributed by atoms with Gasteiger partial charge in [0, 0.05) is 6.42 Å². The molecule has 1 aliphatic heterocycles. The van der Waals surface area contributed by atoms with Gasteiger partial charge in [0.1, 0.15) is 5.75 Å². The number of fused-ring (bicyclic) bond motifs is 1. The fraction of sp³-hybridized carbons (Fsp3) is 0.455. The number of sulfonamides is 1. The van der Waals surface area contributed by atoms with Crippen LogP contribution in [0.15, 0.2) is 23.1 Å². The van der Waals surface area contributed by atoms with Gasteiger partial charge in [-0.2, -0.15) is 0 Å². The molecule has 0 saturated heterocycles. The van der Waals surface area contributed by atoms with Crippen molar-refractivity contribution in [3.8, 4) is 5.75 Å². The number of hydrogen-bond acceptors (Lipinski definition) is 5. The number of hydrogen-bond donors (Lipinski definition) is 3. The number of aliphatic hydroxyl groups excluding tert-OH is 2. The molecule has 2 rings (SSSR count). The molecule has 0 bridgehead atoms. The minimum absolute atomic E-state index is 0.110. The van der Waals surface area contributed by atoms with Crippen LogP contribution in [0.1, 0.15) is 5.56 Å². The highest BCUT2D eigenvalue weighted by Crippen LogP contribution is 2.27. The van der Waals surface area contributed by atoms with E-state index in [9.17, 15) is 8.42 Å². The first kappa shape index (κ1) is 13.3. The topological polar surface area (TPSA) is 95.9 Å². The first-order valence-electron chi connectivity index (χ1n) is 5.56. The molecule has 0 aromatic heterocycles. The van der Waals surface area contributed by atoms with Gasteiger partial charge < -0.3 is 14.9 Å². The van der Waals surface area contributed by atoms with E-state index in [0.29, 0.717) is 18.8 Å². The number of aliphatic hydroxyl groups is 2. The smallest absolute Gasteiger partial charge is 0.240 e. The van der Waals surface area contributed by atoms with Crippen LogP contribution in [0.4, 0.5) is 0 Å². The summed E-state index contributed by atoms with van der Waals surface area (Å²) in [5.74, 6) is 0.704. The lowest BCUT2D eigenvalue weighted by atomic mass is 10.2. The van der Waals surface area contributed by atoms with Crippen LogP contribution < -0.4 is 9.46 Å². The lowest BCUT2D eigenvalue weighted by molar-refractivity contribution is 0.185. The molecule has 100 valence electrons. The Bertz CT molecular complexity index is 524. The Morgan fingerprint density at radius 2 is 2.06 bits per heavy atom. The van der Waals surface area contributed by atoms with Crippen LogP contribution in [-0.2, 0) is 16.4 Å². The molecule has 0 fully saturated rings. The van der Waals surface area contributed by atoms with Gasteiger partial charge >= 0.3 is 0 Å². The van der Waals surface area contributed by atoms with Crippen LogP contribution in [-0.4, -0.2) is 44.5 Å². The fourth-order valence-corrected chi connectivity index (χ4v) is 3.02. The molecule has 0 aliphatic carbocycles. The zero-order valence-corrected chi connectivity index (χ0v) is 10.5. The standard InChI is InChI=1S/C11H15NO5S/c13-6-9(7-14)12-18(15,16)10-1-2-11-8(5-10)3-4-17-11/h1-2,5,9,12-14H,3-4,6-7H2. The zero-order chi connectivity index (χ0) is 13.2. The molecule has 0 spiro atoms. The summed E-state index contributed by atoms with van der Waals surface area (Å²) in [6.45, 7) is -0.351. The third kappa shape index (κ3) is 2.64. The molecule has 1 aliphatic rings. The molecule has 18 heavy (non-hydrogen) atoms. The van der Waals surface area contributed by atoms with E-state index in [0.717, 1.165) is 5.56 Å². The summed E-state index contributed by atoms with van der Waals surface area (Å²) < 4.78 is 31.5. The average Bonchev–Trinajstić information content (AvgIpc) is 2.83. The van der Waals surface area contributed by atoms with Crippen molar-refractivity contribution in [2.75, 3.05) is 19.8 Å². The van der Waals surface area contributed by atoms with Gasteiger partial charge in [-0.1, -0.05) is 0 Å². The molecule has 0 atom stereocenters. The van der Waals surface area contributed by atoms with Gasteiger partial charge in [0.25, 0.3) is 0 Å². The third-order valence-corrected chi connectivity index (χ3v) is 4.25. The van der Waals surface area contributed by atoms with Crippen molar-refractivity contribution in [2.24, 2.45) is 0 Å². The van der Waals surface area contributed by atoms with Gasteiger partial charge in [0.15, 0.2) is 0 Å². The Kier molecular flexibility index (Phi) is 3.86. The van der Waals surface area contributed by atoms with Crippen LogP contribution in [0.5, 0.6) is 5.75 Å². The predicted octanol–water partition coefficient (Wildman–Crippen LogP) is -0.747. The second-order valence-corrected chi connectivity index (χ2v) is 5.77. The summed E-state index contributed by atoms with van der Waals surface area (Å²) in [5, 5.41) is 17.8. The zero-order valence-electron chi connectivity index (χ0n) is 9.67. The van der Waals surface area contributed by atoms with Crippen molar-refractivity contribution in [1.82, 2.24) is 4.72 Å². The van der Waals surface area contributed by atoms with Crippen LogP contribution in [0.2, 0.25) is 0 Å². The Hall–Kier alpha value is -1.15. The van der Waals surface area contributed by atoms with Crippen LogP contribution in [0.3, 0.4) is 0 Å². The Balaban J connectivity index is 2.24. The maximum Gasteiger partial charge on any atom is 0.240 e. The summed E-state index contributed by atoms with van der Waals surface area (Å²) in [6.07, 6.45) is 0.683. The normalized spacial score (nSPS) is 14.6. The monoisotopic (exact) mass is 273 g/mol. The van der Waals surface area contributed by atoms with Crippen molar-refractivity contribution in [3.63, 3.8) is 0 Å². The second-order valence-electron chi connectivity index (χ2n) is 4.05. The average molecular weight is 273 g/mol. The Morgan fingerprint density at radius 1 is 1.33 bits per heavy atom. The quantitative estimate of drug-likeness (QED) is 0.656. The Morgan fingerprint density at radius 3 is 2.72 bits per heavy atom. The van der Waals surface area contributed by atoms with Crippen molar-refractivity contribution in [3.05, 3.63) is 23.8 Å². The van der Waals surface area contributed by atoms with Crippen molar-refractivity contribution in [1.29, 1.82) is 0 Å². The first-order chi connectivity index (χ1) is 8.56. The van der Waals surface area contributed by atoms with Crippen LogP contribution in [0, 0.1) is 0 Å². The third-order valence-electron chi connectivity index (χ3n) is 2.73. The van der Waals surface area contributed by atoms with Gasteiger partial charge in [-0.05, 0) is 23.8 Å². The summed E-state index contributed by atoms with van der Waals surface area (Å²) in [4.78, 5) is 0.110. The minimum Gasteiger partial charge on any atom is -0.493 e. The highest BCUT2D eigenvalue weighted by atomic mass is 32.2. The number of rotatable bonds is 5. The van der Waals surface area contributed by atoms with E-state index < -0.39 is 29.3 Å². The molecule has 1 aromatic rings. The van der Waals surface area contributed by atoms with E-state index in [1.165, 1.54) is 6.07 Å². The van der Waals surface area contributed by atoms with Crippen molar-refractivity contribution >= 4 is 10.0 Å². The molecular weight excluding hydrogens is 258 g/mol. The summed E-state index contributed by atoms with van der Waals surface area (Å²) in [6, 6.07) is 3.72. The van der Waals surface area contributed by atoms with Crippen LogP contribution in [0.25, 0.3) is 0 Å². The molecule has 1 aromatic carbocycles. The number of benzene rings is 1. The van der Waals surface area contributed by atoms with Crippen molar-refractivity contribution < 1.29 is 23.4 Å². The lowest BCUT2D eigenvalue weighted by Crippen LogP contribution is -2.40. The first-order valence-corrected chi connectivity index (χ1v) is 7.05. The van der Waals surface area contributed by atoms with Gasteiger partial charge in [0.05, 0.1) is 30.8 Å². The van der Waals surface area contributed by atoms with E-state index in [1.807, 2.05) is 0 Å². The Labute approximate surface area is 105 Å². The molecular formula is C11H15NO5S. The molecule has 0 amide bonds. The molecule has 7 heteroatoms. The predicted molar refractivity (Wildman–Crippen MR) is 63.9 cm³/mol. The number of nitrogens with one attached hydrogen (secondary N) is 1. The maximum absolute atomic E-state index is 12.0. The molecule has 0 radical (unpaired) electrons. The largest absolute Gasteiger partial charge is 0.493 e. The maximum atomic E-state index is 12.0. The van der Waals surface area contributed by atoms with E-state index in [-0.39, 0.29) is 4.90 Å².